The third kappa shape index (κ3) is 5.45. The summed E-state index contributed by atoms with van der Waals surface area (Å²) in [6, 6.07) is 11.9. The van der Waals surface area contributed by atoms with Crippen LogP contribution in [0.1, 0.15) is 43.9 Å². The number of nitrogens with one attached hydrogen (secondary N) is 1. The van der Waals surface area contributed by atoms with E-state index in [4.69, 9.17) is 17.4 Å². The number of rotatable bonds is 4. The molecule has 0 fully saturated rings. The normalized spacial score (nSPS) is 9.62. The Kier molecular flexibility index (Phi) is 9.72. The number of thioether (sulfide) groups is 1. The maximum atomic E-state index is 11.7. The molecule has 1 amide bonds. The maximum Gasteiger partial charge on any atom is 0.303 e. The molecule has 140 valence electrons. The van der Waals surface area contributed by atoms with Crippen LogP contribution in [0.3, 0.4) is 0 Å². The molecule has 1 aromatic carbocycles. The number of pyridine rings is 1. The maximum absolute atomic E-state index is 11.7. The number of nitrogens with zero attached hydrogens (tertiary/aromatic N) is 3. The molecule has 0 atom stereocenters. The molecule has 26 heavy (non-hydrogen) atoms. The van der Waals surface area contributed by atoms with Crippen LogP contribution in [0.15, 0.2) is 47.5 Å². The molecule has 3 rings (SSSR count). The average Bonchev–Trinajstić information content (AvgIpc) is 3.14. The standard InChI is InChI=1S/C14H12ClN5OS.2C2H6/c15-11-6-10(22-8-9-4-2-1-3-5-9)7-20-12(11)18-19-13(20)14(21)17-16;2*1-2/h1-7H,8,16H2,(H,17,21);2*1-2H3. The van der Waals surface area contributed by atoms with E-state index in [0.717, 1.165) is 10.6 Å². The highest BCUT2D eigenvalue weighted by Gasteiger charge is 2.16. The molecule has 0 aliphatic heterocycles. The highest BCUT2D eigenvalue weighted by molar-refractivity contribution is 7.98. The third-order valence-corrected chi connectivity index (χ3v) is 4.33. The van der Waals surface area contributed by atoms with Gasteiger partial charge < -0.3 is 0 Å². The number of amides is 1. The van der Waals surface area contributed by atoms with Crippen LogP contribution in [0, 0.1) is 0 Å². The smallest absolute Gasteiger partial charge is 0.287 e. The molecular weight excluding hydrogens is 370 g/mol. The molecule has 3 N–H and O–H groups in total. The van der Waals surface area contributed by atoms with Gasteiger partial charge in [0.05, 0.1) is 5.02 Å². The molecule has 2 heterocycles. The van der Waals surface area contributed by atoms with Crippen LogP contribution in [-0.2, 0) is 5.75 Å². The predicted octanol–water partition coefficient (Wildman–Crippen LogP) is 4.33. The summed E-state index contributed by atoms with van der Waals surface area (Å²) in [5.41, 5.74) is 3.67. The van der Waals surface area contributed by atoms with Crippen LogP contribution in [-0.4, -0.2) is 20.5 Å². The quantitative estimate of drug-likeness (QED) is 0.298. The first kappa shape index (κ1) is 22.0. The molecule has 0 aliphatic rings. The minimum absolute atomic E-state index is 0.0987. The third-order valence-electron chi connectivity index (χ3n) is 3.02. The average molecular weight is 394 g/mol. The highest BCUT2D eigenvalue weighted by atomic mass is 35.5. The van der Waals surface area contributed by atoms with Gasteiger partial charge in [0, 0.05) is 16.8 Å². The fraction of sp³-hybridized carbons (Fsp3) is 0.278. The van der Waals surface area contributed by atoms with Crippen molar-refractivity contribution in [1.82, 2.24) is 20.0 Å². The van der Waals surface area contributed by atoms with Gasteiger partial charge in [-0.15, -0.1) is 22.0 Å². The number of halogens is 1. The van der Waals surface area contributed by atoms with E-state index in [9.17, 15) is 4.79 Å². The number of fused-ring (bicyclic) bond motifs is 1. The second-order valence-electron chi connectivity index (χ2n) is 4.49. The summed E-state index contributed by atoms with van der Waals surface area (Å²) in [6.45, 7) is 8.00. The number of hydrogen-bond acceptors (Lipinski definition) is 5. The number of benzene rings is 1. The molecule has 0 aliphatic carbocycles. The van der Waals surface area contributed by atoms with E-state index in [1.165, 1.54) is 9.96 Å². The molecule has 0 radical (unpaired) electrons. The van der Waals surface area contributed by atoms with Crippen molar-refractivity contribution >= 4 is 34.9 Å². The molecule has 2 aromatic heterocycles. The van der Waals surface area contributed by atoms with Gasteiger partial charge in [0.15, 0.2) is 5.65 Å². The minimum Gasteiger partial charge on any atom is -0.287 e. The van der Waals surface area contributed by atoms with Gasteiger partial charge in [-0.3, -0.25) is 14.6 Å². The van der Waals surface area contributed by atoms with Crippen molar-refractivity contribution in [2.45, 2.75) is 38.3 Å². The van der Waals surface area contributed by atoms with E-state index in [1.54, 1.807) is 18.0 Å². The lowest BCUT2D eigenvalue weighted by atomic mass is 10.2. The second kappa shape index (κ2) is 11.5. The molecule has 0 spiro atoms. The molecule has 0 bridgehead atoms. The van der Waals surface area contributed by atoms with Gasteiger partial charge in [-0.1, -0.05) is 69.6 Å². The minimum atomic E-state index is -0.520. The van der Waals surface area contributed by atoms with Crippen molar-refractivity contribution in [3.63, 3.8) is 0 Å². The zero-order valence-electron chi connectivity index (χ0n) is 15.4. The van der Waals surface area contributed by atoms with Crippen molar-refractivity contribution in [1.29, 1.82) is 0 Å². The zero-order valence-corrected chi connectivity index (χ0v) is 16.9. The Labute approximate surface area is 163 Å². The molecule has 0 saturated carbocycles. The van der Waals surface area contributed by atoms with E-state index in [-0.39, 0.29) is 5.82 Å². The predicted molar refractivity (Wildman–Crippen MR) is 108 cm³/mol. The summed E-state index contributed by atoms with van der Waals surface area (Å²) in [5, 5.41) is 8.15. The van der Waals surface area contributed by atoms with Crippen LogP contribution >= 0.6 is 23.4 Å². The molecular formula is C18H24ClN5OS. The number of carbonyl (C=O) groups is 1. The van der Waals surface area contributed by atoms with Crippen LogP contribution in [0.5, 0.6) is 0 Å². The van der Waals surface area contributed by atoms with Gasteiger partial charge in [-0.25, -0.2) is 5.84 Å². The van der Waals surface area contributed by atoms with Crippen LogP contribution in [0.4, 0.5) is 0 Å². The number of hydrogen-bond donors (Lipinski definition) is 2. The Morgan fingerprint density at radius 1 is 1.19 bits per heavy atom. The van der Waals surface area contributed by atoms with Gasteiger partial charge in [-0.05, 0) is 11.6 Å². The number of aromatic nitrogens is 3. The van der Waals surface area contributed by atoms with Crippen LogP contribution in [0.25, 0.3) is 5.65 Å². The first-order valence-electron chi connectivity index (χ1n) is 8.41. The van der Waals surface area contributed by atoms with Gasteiger partial charge in [0.1, 0.15) is 0 Å². The lowest BCUT2D eigenvalue weighted by Gasteiger charge is -2.05. The summed E-state index contributed by atoms with van der Waals surface area (Å²) in [5.74, 6) is 5.52. The monoisotopic (exact) mass is 393 g/mol. The molecule has 0 unspecified atom stereocenters. The Morgan fingerprint density at radius 3 is 2.46 bits per heavy atom. The van der Waals surface area contributed by atoms with Crippen molar-refractivity contribution in [3.05, 3.63) is 59.0 Å². The van der Waals surface area contributed by atoms with E-state index < -0.39 is 5.91 Å². The van der Waals surface area contributed by atoms with Gasteiger partial charge >= 0.3 is 5.91 Å². The largest absolute Gasteiger partial charge is 0.303 e. The molecule has 3 aromatic rings. The van der Waals surface area contributed by atoms with Crippen molar-refractivity contribution < 1.29 is 4.79 Å². The van der Waals surface area contributed by atoms with E-state index in [1.807, 2.05) is 57.4 Å². The number of nitrogen functional groups attached to an aromatic ring is 1. The summed E-state index contributed by atoms with van der Waals surface area (Å²) < 4.78 is 1.54. The van der Waals surface area contributed by atoms with Crippen molar-refractivity contribution in [2.75, 3.05) is 0 Å². The lowest BCUT2D eigenvalue weighted by molar-refractivity contribution is 0.0942. The summed E-state index contributed by atoms with van der Waals surface area (Å²) in [7, 11) is 0. The van der Waals surface area contributed by atoms with Gasteiger partial charge in [0.25, 0.3) is 0 Å². The molecule has 6 nitrogen and oxygen atoms in total. The second-order valence-corrected chi connectivity index (χ2v) is 5.94. The molecule has 0 saturated heterocycles. The van der Waals surface area contributed by atoms with E-state index in [0.29, 0.717) is 10.7 Å². The Hall–Kier alpha value is -2.09. The van der Waals surface area contributed by atoms with Gasteiger partial charge in [-0.2, -0.15) is 0 Å². The fourth-order valence-corrected chi connectivity index (χ4v) is 3.19. The molecule has 8 heteroatoms. The number of hydrazine groups is 1. The Bertz CT molecular complexity index is 823. The Morgan fingerprint density at radius 2 is 1.85 bits per heavy atom. The number of nitrogens with two attached hydrogens (primary N) is 1. The summed E-state index contributed by atoms with van der Waals surface area (Å²) in [4.78, 5) is 12.6. The SMILES string of the molecule is CC.CC.NNC(=O)c1nnc2c(Cl)cc(SCc3ccccc3)cn12. The van der Waals surface area contributed by atoms with Crippen LogP contribution < -0.4 is 11.3 Å². The first-order valence-corrected chi connectivity index (χ1v) is 9.77. The van der Waals surface area contributed by atoms with Crippen molar-refractivity contribution in [2.24, 2.45) is 5.84 Å². The van der Waals surface area contributed by atoms with E-state index >= 15 is 0 Å². The fourth-order valence-electron chi connectivity index (χ4n) is 1.97. The zero-order chi connectivity index (χ0) is 19.5. The summed E-state index contributed by atoms with van der Waals surface area (Å²) >= 11 is 7.82. The van der Waals surface area contributed by atoms with Gasteiger partial charge in [0.2, 0.25) is 5.82 Å². The van der Waals surface area contributed by atoms with Crippen molar-refractivity contribution in [3.8, 4) is 0 Å². The Balaban J connectivity index is 0.000000791. The first-order chi connectivity index (χ1) is 12.7. The van der Waals surface area contributed by atoms with Crippen LogP contribution in [0.2, 0.25) is 5.02 Å². The highest BCUT2D eigenvalue weighted by Crippen LogP contribution is 2.27. The van der Waals surface area contributed by atoms with E-state index in [2.05, 4.69) is 22.3 Å². The summed E-state index contributed by atoms with van der Waals surface area (Å²) in [6.07, 6.45) is 1.78. The number of carbonyl (C=O) groups excluding carboxylic acids is 1. The topological polar surface area (TPSA) is 85.3 Å². The lowest BCUT2D eigenvalue weighted by Crippen LogP contribution is -2.31.